The molecular formula is C17H19N5O2S. The number of carbonyl (C=O) groups excluding carboxylic acids is 2. The smallest absolute Gasteiger partial charge is 0.319 e. The van der Waals surface area contributed by atoms with E-state index in [9.17, 15) is 9.59 Å². The molecule has 2 saturated heterocycles. The van der Waals surface area contributed by atoms with Gasteiger partial charge in [-0.15, -0.1) is 11.3 Å². The highest BCUT2D eigenvalue weighted by Crippen LogP contribution is 2.40. The Bertz CT molecular complexity index is 761. The summed E-state index contributed by atoms with van der Waals surface area (Å²) in [7, 11) is 0. The highest BCUT2D eigenvalue weighted by molar-refractivity contribution is 7.09. The van der Waals surface area contributed by atoms with Gasteiger partial charge in [-0.05, 0) is 37.9 Å². The lowest BCUT2D eigenvalue weighted by atomic mass is 9.74. The van der Waals surface area contributed by atoms with E-state index in [-0.39, 0.29) is 24.4 Å². The average molecular weight is 357 g/mol. The lowest BCUT2D eigenvalue weighted by Crippen LogP contribution is -2.53. The summed E-state index contributed by atoms with van der Waals surface area (Å²) < 4.78 is 0. The quantitative estimate of drug-likeness (QED) is 0.810. The molecule has 2 aromatic rings. The van der Waals surface area contributed by atoms with Gasteiger partial charge in [-0.2, -0.15) is 0 Å². The van der Waals surface area contributed by atoms with Crippen molar-refractivity contribution in [2.24, 2.45) is 5.92 Å². The third-order valence-corrected chi connectivity index (χ3v) is 5.74. The van der Waals surface area contributed by atoms with Gasteiger partial charge in [0.2, 0.25) is 0 Å². The minimum atomic E-state index is -1.04. The van der Waals surface area contributed by atoms with Crippen LogP contribution in [0.5, 0.6) is 0 Å². The zero-order valence-corrected chi connectivity index (χ0v) is 14.5. The highest BCUT2D eigenvalue weighted by Gasteiger charge is 2.57. The minimum absolute atomic E-state index is 0.0377. The van der Waals surface area contributed by atoms with Crippen LogP contribution in [0.1, 0.15) is 23.4 Å². The zero-order chi connectivity index (χ0) is 17.3. The number of urea groups is 1. The summed E-state index contributed by atoms with van der Waals surface area (Å²) in [5.74, 6) is -0.164. The number of carbonyl (C=O) groups is 2. The summed E-state index contributed by atoms with van der Waals surface area (Å²) in [5, 5.41) is 8.92. The Morgan fingerprint density at radius 2 is 2.12 bits per heavy atom. The summed E-state index contributed by atoms with van der Waals surface area (Å²) in [6.45, 7) is 1.87. The van der Waals surface area contributed by atoms with E-state index >= 15 is 0 Å². The zero-order valence-electron chi connectivity index (χ0n) is 13.6. The van der Waals surface area contributed by atoms with Crippen LogP contribution in [-0.4, -0.2) is 39.9 Å². The van der Waals surface area contributed by atoms with E-state index in [4.69, 9.17) is 0 Å². The number of rotatable bonds is 4. The van der Waals surface area contributed by atoms with Gasteiger partial charge >= 0.3 is 6.03 Å². The lowest BCUT2D eigenvalue weighted by Gasteiger charge is -2.37. The van der Waals surface area contributed by atoms with Crippen LogP contribution in [0.3, 0.4) is 0 Å². The number of imide groups is 1. The minimum Gasteiger partial charge on any atom is -0.319 e. The van der Waals surface area contributed by atoms with Crippen LogP contribution < -0.4 is 10.6 Å². The molecule has 130 valence electrons. The van der Waals surface area contributed by atoms with E-state index in [1.807, 2.05) is 11.4 Å². The predicted molar refractivity (Wildman–Crippen MR) is 92.7 cm³/mol. The summed E-state index contributed by atoms with van der Waals surface area (Å²) in [6, 6.07) is 3.32. The van der Waals surface area contributed by atoms with Gasteiger partial charge in [0.25, 0.3) is 5.91 Å². The number of amides is 3. The van der Waals surface area contributed by atoms with Crippen molar-refractivity contribution in [2.75, 3.05) is 13.1 Å². The fourth-order valence-corrected chi connectivity index (χ4v) is 4.37. The van der Waals surface area contributed by atoms with Gasteiger partial charge in [0.15, 0.2) is 5.54 Å². The number of pyridine rings is 1. The number of nitrogens with zero attached hydrogens (tertiary/aromatic N) is 3. The van der Waals surface area contributed by atoms with Gasteiger partial charge in [-0.3, -0.25) is 14.7 Å². The van der Waals surface area contributed by atoms with Crippen molar-refractivity contribution in [1.82, 2.24) is 25.5 Å². The molecule has 2 aliphatic rings. The van der Waals surface area contributed by atoms with Crippen molar-refractivity contribution in [2.45, 2.75) is 24.9 Å². The third kappa shape index (κ3) is 2.71. The molecule has 2 N–H and O–H groups in total. The van der Waals surface area contributed by atoms with Gasteiger partial charge in [-0.25, -0.2) is 9.78 Å². The van der Waals surface area contributed by atoms with Gasteiger partial charge in [-0.1, -0.05) is 6.07 Å². The molecule has 2 fully saturated rings. The monoisotopic (exact) mass is 357 g/mol. The summed E-state index contributed by atoms with van der Waals surface area (Å²) in [4.78, 5) is 35.8. The molecule has 0 unspecified atom stereocenters. The van der Waals surface area contributed by atoms with Gasteiger partial charge in [0, 0.05) is 29.5 Å². The van der Waals surface area contributed by atoms with Crippen LogP contribution >= 0.6 is 11.3 Å². The first-order chi connectivity index (χ1) is 12.2. The molecule has 1 atom stereocenters. The summed E-state index contributed by atoms with van der Waals surface area (Å²) >= 11 is 1.44. The largest absolute Gasteiger partial charge is 0.325 e. The van der Waals surface area contributed by atoms with Crippen LogP contribution in [0.2, 0.25) is 0 Å². The molecule has 2 aliphatic heterocycles. The molecule has 0 aliphatic carbocycles. The first-order valence-corrected chi connectivity index (χ1v) is 9.23. The number of nitrogens with one attached hydrogen (secondary N) is 2. The van der Waals surface area contributed by atoms with Crippen LogP contribution in [-0.2, 0) is 16.9 Å². The number of thiazole rings is 1. The van der Waals surface area contributed by atoms with E-state index < -0.39 is 5.54 Å². The molecular weight excluding hydrogens is 338 g/mol. The first kappa shape index (κ1) is 16.2. The molecule has 25 heavy (non-hydrogen) atoms. The Morgan fingerprint density at radius 1 is 1.28 bits per heavy atom. The second kappa shape index (κ2) is 6.53. The van der Waals surface area contributed by atoms with Crippen molar-refractivity contribution in [1.29, 1.82) is 0 Å². The van der Waals surface area contributed by atoms with Gasteiger partial charge in [0.1, 0.15) is 5.01 Å². The first-order valence-electron chi connectivity index (χ1n) is 8.35. The Kier molecular flexibility index (Phi) is 4.22. The molecule has 7 nitrogen and oxygen atoms in total. The molecule has 8 heteroatoms. The molecule has 0 spiro atoms. The number of aromatic nitrogens is 2. The Morgan fingerprint density at radius 3 is 2.80 bits per heavy atom. The fraction of sp³-hybridized carbons (Fsp3) is 0.412. The van der Waals surface area contributed by atoms with Crippen molar-refractivity contribution in [3.8, 4) is 0 Å². The maximum atomic E-state index is 13.4. The Hall–Kier alpha value is -2.32. The second-order valence-corrected chi connectivity index (χ2v) is 7.30. The summed E-state index contributed by atoms with van der Waals surface area (Å²) in [6.07, 6.45) is 6.69. The number of piperidine rings is 1. The molecule has 4 rings (SSSR count). The van der Waals surface area contributed by atoms with Gasteiger partial charge < -0.3 is 10.6 Å². The third-order valence-electron chi connectivity index (χ3n) is 4.98. The molecule has 0 bridgehead atoms. The molecule has 2 aromatic heterocycles. The number of hydrogen-bond donors (Lipinski definition) is 2. The molecule has 0 radical (unpaired) electrons. The fourth-order valence-electron chi connectivity index (χ4n) is 3.76. The Labute approximate surface area is 149 Å². The predicted octanol–water partition coefficient (Wildman–Crippen LogP) is 1.48. The second-order valence-electron chi connectivity index (χ2n) is 6.32. The van der Waals surface area contributed by atoms with E-state index in [1.165, 1.54) is 16.2 Å². The Balaban J connectivity index is 1.73. The van der Waals surface area contributed by atoms with Crippen LogP contribution in [0.4, 0.5) is 4.79 Å². The standard InChI is InChI=1S/C17H19N5O2S/c23-15-17(12-3-6-18-7-4-12,13-2-1-5-19-10-13)21-16(24)22(15)11-14-20-8-9-25-14/h1-2,5,8-10,12,18H,3-4,6-7,11H2,(H,21,24)/t17-/m0/s1. The van der Waals surface area contributed by atoms with Gasteiger partial charge in [0.05, 0.1) is 6.54 Å². The number of hydrogen-bond acceptors (Lipinski definition) is 6. The van der Waals surface area contributed by atoms with E-state index in [1.54, 1.807) is 24.7 Å². The molecule has 0 saturated carbocycles. The van der Waals surface area contributed by atoms with Crippen molar-refractivity contribution in [3.05, 3.63) is 46.7 Å². The SMILES string of the molecule is O=C1N[C@](c2cccnc2)(C2CCNCC2)C(=O)N1Cc1nccs1. The normalized spacial score (nSPS) is 24.6. The van der Waals surface area contributed by atoms with E-state index in [0.29, 0.717) is 0 Å². The van der Waals surface area contributed by atoms with Crippen molar-refractivity contribution in [3.63, 3.8) is 0 Å². The molecule has 0 aromatic carbocycles. The van der Waals surface area contributed by atoms with Crippen LogP contribution in [0.15, 0.2) is 36.1 Å². The summed E-state index contributed by atoms with van der Waals surface area (Å²) in [5.41, 5.74) is -0.285. The van der Waals surface area contributed by atoms with Crippen molar-refractivity contribution < 1.29 is 9.59 Å². The van der Waals surface area contributed by atoms with Crippen LogP contribution in [0, 0.1) is 5.92 Å². The highest BCUT2D eigenvalue weighted by atomic mass is 32.1. The maximum absolute atomic E-state index is 13.4. The molecule has 3 amide bonds. The topological polar surface area (TPSA) is 87.2 Å². The average Bonchev–Trinajstić information content (AvgIpc) is 3.26. The van der Waals surface area contributed by atoms with Crippen molar-refractivity contribution >= 4 is 23.3 Å². The van der Waals surface area contributed by atoms with Crippen LogP contribution in [0.25, 0.3) is 0 Å². The molecule has 4 heterocycles. The van der Waals surface area contributed by atoms with E-state index in [0.717, 1.165) is 36.5 Å². The lowest BCUT2D eigenvalue weighted by molar-refractivity contribution is -0.134. The maximum Gasteiger partial charge on any atom is 0.325 e. The van der Waals surface area contributed by atoms with E-state index in [2.05, 4.69) is 20.6 Å².